The number of Topliss-reactive ketones (excluding diaryl/α,β-unsaturated/α-hetero) is 1. The van der Waals surface area contributed by atoms with Crippen molar-refractivity contribution in [3.63, 3.8) is 0 Å². The first kappa shape index (κ1) is 13.1. The third kappa shape index (κ3) is 2.80. The average molecular weight is 230 g/mol. The van der Waals surface area contributed by atoms with E-state index in [1.165, 1.54) is 0 Å². The average Bonchev–Trinajstić information content (AvgIpc) is 2.29. The summed E-state index contributed by atoms with van der Waals surface area (Å²) in [6, 6.07) is 0. The minimum atomic E-state index is -1.18. The van der Waals surface area contributed by atoms with Crippen molar-refractivity contribution in [3.05, 3.63) is 0 Å². The van der Waals surface area contributed by atoms with Crippen molar-refractivity contribution in [2.75, 3.05) is 26.4 Å². The van der Waals surface area contributed by atoms with Gasteiger partial charge in [-0.1, -0.05) is 0 Å². The van der Waals surface area contributed by atoms with Crippen LogP contribution in [-0.2, 0) is 23.8 Å². The summed E-state index contributed by atoms with van der Waals surface area (Å²) >= 11 is 0. The Morgan fingerprint density at radius 2 is 2.06 bits per heavy atom. The van der Waals surface area contributed by atoms with Crippen molar-refractivity contribution in [1.29, 1.82) is 0 Å². The number of rotatable bonds is 4. The molecule has 1 unspecified atom stereocenters. The zero-order chi connectivity index (χ0) is 12.2. The van der Waals surface area contributed by atoms with Gasteiger partial charge in [-0.15, -0.1) is 0 Å². The van der Waals surface area contributed by atoms with Crippen LogP contribution < -0.4 is 0 Å². The standard InChI is InChI=1S/C11H18O5/c1-4-15-10(13)11(2,3)9(12)8-7-14-5-6-16-8/h8H,4-7H2,1-3H3. The Labute approximate surface area is 95.0 Å². The molecule has 0 aromatic rings. The molecule has 0 aliphatic carbocycles. The maximum absolute atomic E-state index is 12.0. The third-order valence-electron chi connectivity index (χ3n) is 2.51. The Balaban J connectivity index is 2.66. The van der Waals surface area contributed by atoms with Crippen molar-refractivity contribution in [2.45, 2.75) is 26.9 Å². The number of ether oxygens (including phenoxy) is 3. The van der Waals surface area contributed by atoms with E-state index in [1.807, 2.05) is 0 Å². The van der Waals surface area contributed by atoms with Crippen LogP contribution in [0, 0.1) is 5.41 Å². The first-order chi connectivity index (χ1) is 7.50. The van der Waals surface area contributed by atoms with Gasteiger partial charge in [0, 0.05) is 0 Å². The first-order valence-corrected chi connectivity index (χ1v) is 5.41. The van der Waals surface area contributed by atoms with Crippen molar-refractivity contribution in [2.24, 2.45) is 5.41 Å². The lowest BCUT2D eigenvalue weighted by Gasteiger charge is -2.28. The Hall–Kier alpha value is -0.940. The molecule has 5 nitrogen and oxygen atoms in total. The van der Waals surface area contributed by atoms with E-state index in [9.17, 15) is 9.59 Å². The van der Waals surface area contributed by atoms with E-state index in [4.69, 9.17) is 14.2 Å². The summed E-state index contributed by atoms with van der Waals surface area (Å²) in [5.41, 5.74) is -1.18. The first-order valence-electron chi connectivity index (χ1n) is 5.41. The zero-order valence-electron chi connectivity index (χ0n) is 9.95. The molecule has 0 aromatic carbocycles. The highest BCUT2D eigenvalue weighted by atomic mass is 16.6. The Morgan fingerprint density at radius 1 is 1.38 bits per heavy atom. The number of hydrogen-bond donors (Lipinski definition) is 0. The second-order valence-corrected chi connectivity index (χ2v) is 4.14. The molecule has 16 heavy (non-hydrogen) atoms. The molecule has 0 amide bonds. The van der Waals surface area contributed by atoms with Crippen LogP contribution in [0.25, 0.3) is 0 Å². The van der Waals surface area contributed by atoms with Crippen molar-refractivity contribution < 1.29 is 23.8 Å². The number of ketones is 1. The lowest BCUT2D eigenvalue weighted by molar-refractivity contribution is -0.167. The van der Waals surface area contributed by atoms with Crippen molar-refractivity contribution in [1.82, 2.24) is 0 Å². The van der Waals surface area contributed by atoms with E-state index in [2.05, 4.69) is 0 Å². The summed E-state index contributed by atoms with van der Waals surface area (Å²) < 4.78 is 15.3. The molecule has 0 bridgehead atoms. The van der Waals surface area contributed by atoms with E-state index in [0.717, 1.165) is 0 Å². The van der Waals surface area contributed by atoms with Crippen LogP contribution in [0.15, 0.2) is 0 Å². The van der Waals surface area contributed by atoms with Gasteiger partial charge in [-0.05, 0) is 20.8 Å². The molecule has 1 heterocycles. The van der Waals surface area contributed by atoms with E-state index in [0.29, 0.717) is 13.2 Å². The largest absolute Gasteiger partial charge is 0.465 e. The Bertz CT molecular complexity index is 266. The van der Waals surface area contributed by atoms with Gasteiger partial charge in [0.15, 0.2) is 5.78 Å². The highest BCUT2D eigenvalue weighted by Crippen LogP contribution is 2.23. The molecule has 5 heteroatoms. The van der Waals surface area contributed by atoms with Gasteiger partial charge in [0.05, 0.1) is 26.4 Å². The fourth-order valence-electron chi connectivity index (χ4n) is 1.45. The molecule has 1 saturated heterocycles. The lowest BCUT2D eigenvalue weighted by Crippen LogP contribution is -2.46. The number of hydrogen-bond acceptors (Lipinski definition) is 5. The van der Waals surface area contributed by atoms with Crippen LogP contribution in [0.3, 0.4) is 0 Å². The second kappa shape index (κ2) is 5.41. The quantitative estimate of drug-likeness (QED) is 0.521. The summed E-state index contributed by atoms with van der Waals surface area (Å²) in [6.45, 7) is 6.15. The molecule has 0 saturated carbocycles. The SMILES string of the molecule is CCOC(=O)C(C)(C)C(=O)C1COCCO1. The molecule has 0 aromatic heterocycles. The lowest BCUT2D eigenvalue weighted by atomic mass is 9.85. The molecule has 1 aliphatic heterocycles. The predicted molar refractivity (Wildman–Crippen MR) is 56.0 cm³/mol. The minimum Gasteiger partial charge on any atom is -0.465 e. The van der Waals surface area contributed by atoms with Crippen LogP contribution in [0.2, 0.25) is 0 Å². The van der Waals surface area contributed by atoms with Crippen molar-refractivity contribution in [3.8, 4) is 0 Å². The number of carbonyl (C=O) groups excluding carboxylic acids is 2. The van der Waals surface area contributed by atoms with Crippen LogP contribution in [-0.4, -0.2) is 44.3 Å². The molecule has 1 fully saturated rings. The summed E-state index contributed by atoms with van der Waals surface area (Å²) in [5.74, 6) is -0.806. The van der Waals surface area contributed by atoms with Gasteiger partial charge in [-0.3, -0.25) is 9.59 Å². The van der Waals surface area contributed by atoms with Gasteiger partial charge < -0.3 is 14.2 Å². The summed E-state index contributed by atoms with van der Waals surface area (Å²) in [6.07, 6.45) is -0.659. The number of esters is 1. The predicted octanol–water partition coefficient (Wildman–Crippen LogP) is 0.560. The van der Waals surface area contributed by atoms with Crippen LogP contribution in [0.1, 0.15) is 20.8 Å². The normalized spacial score (nSPS) is 21.6. The molecule has 1 aliphatic rings. The van der Waals surface area contributed by atoms with E-state index in [1.54, 1.807) is 20.8 Å². The van der Waals surface area contributed by atoms with Gasteiger partial charge >= 0.3 is 5.97 Å². The minimum absolute atomic E-state index is 0.210. The fourth-order valence-corrected chi connectivity index (χ4v) is 1.45. The molecule has 1 rings (SSSR count). The molecule has 0 radical (unpaired) electrons. The topological polar surface area (TPSA) is 61.8 Å². The maximum atomic E-state index is 12.0. The molecule has 0 spiro atoms. The summed E-state index contributed by atoms with van der Waals surface area (Å²) in [7, 11) is 0. The van der Waals surface area contributed by atoms with Crippen LogP contribution in [0.4, 0.5) is 0 Å². The second-order valence-electron chi connectivity index (χ2n) is 4.14. The number of carbonyl (C=O) groups is 2. The van der Waals surface area contributed by atoms with Gasteiger partial charge in [0.2, 0.25) is 0 Å². The molecule has 0 N–H and O–H groups in total. The highest BCUT2D eigenvalue weighted by Gasteiger charge is 2.42. The van der Waals surface area contributed by atoms with Crippen LogP contribution in [0.5, 0.6) is 0 Å². The summed E-state index contributed by atoms with van der Waals surface area (Å²) in [4.78, 5) is 23.6. The van der Waals surface area contributed by atoms with E-state index < -0.39 is 17.5 Å². The van der Waals surface area contributed by atoms with E-state index >= 15 is 0 Å². The maximum Gasteiger partial charge on any atom is 0.319 e. The molecular weight excluding hydrogens is 212 g/mol. The molecule has 1 atom stereocenters. The smallest absolute Gasteiger partial charge is 0.319 e. The Morgan fingerprint density at radius 3 is 2.56 bits per heavy atom. The monoisotopic (exact) mass is 230 g/mol. The summed E-state index contributed by atoms with van der Waals surface area (Å²) in [5, 5.41) is 0. The zero-order valence-corrected chi connectivity index (χ0v) is 9.95. The molecular formula is C11H18O5. The molecule has 92 valence electrons. The van der Waals surface area contributed by atoms with Gasteiger partial charge in [0.1, 0.15) is 11.5 Å². The van der Waals surface area contributed by atoms with Crippen molar-refractivity contribution >= 4 is 11.8 Å². The van der Waals surface area contributed by atoms with Crippen LogP contribution >= 0.6 is 0 Å². The fraction of sp³-hybridized carbons (Fsp3) is 0.818. The highest BCUT2D eigenvalue weighted by molar-refractivity contribution is 6.05. The van der Waals surface area contributed by atoms with Gasteiger partial charge in [-0.2, -0.15) is 0 Å². The van der Waals surface area contributed by atoms with Gasteiger partial charge in [-0.25, -0.2) is 0 Å². The van der Waals surface area contributed by atoms with Gasteiger partial charge in [0.25, 0.3) is 0 Å². The van der Waals surface area contributed by atoms with E-state index in [-0.39, 0.29) is 19.0 Å². The Kier molecular flexibility index (Phi) is 4.44. The third-order valence-corrected chi connectivity index (χ3v) is 2.51.